The van der Waals surface area contributed by atoms with Crippen molar-refractivity contribution >= 4 is 11.7 Å². The molecule has 1 atom stereocenters. The summed E-state index contributed by atoms with van der Waals surface area (Å²) in [6.45, 7) is 3.88. The lowest BCUT2D eigenvalue weighted by atomic mass is 9.88. The number of aromatic nitrogens is 3. The molecule has 0 unspecified atom stereocenters. The van der Waals surface area contributed by atoms with E-state index in [1.165, 1.54) is 19.3 Å². The maximum absolute atomic E-state index is 12.4. The molecule has 6 nitrogen and oxygen atoms in total. The molecule has 1 fully saturated rings. The maximum atomic E-state index is 12.4. The number of carbonyl (C=O) groups excluding carboxylic acids is 1. The smallest absolute Gasteiger partial charge is 0.226 e. The fraction of sp³-hybridized carbons (Fsp3) is 0.526. The quantitative estimate of drug-likeness (QED) is 0.876. The zero-order chi connectivity index (χ0) is 17.6. The minimum atomic E-state index is -0.249. The molecule has 1 aliphatic carbocycles. The Hall–Kier alpha value is -2.37. The first-order valence-electron chi connectivity index (χ1n) is 9.10. The van der Waals surface area contributed by atoms with Gasteiger partial charge in [-0.2, -0.15) is 5.10 Å². The van der Waals surface area contributed by atoms with Crippen LogP contribution in [0, 0.1) is 13.8 Å². The van der Waals surface area contributed by atoms with E-state index in [1.807, 2.05) is 18.5 Å². The van der Waals surface area contributed by atoms with E-state index in [-0.39, 0.29) is 24.0 Å². The molecule has 0 aromatic carbocycles. The average molecular weight is 340 g/mol. The Balaban J connectivity index is 1.82. The largest absolute Gasteiger partial charge is 0.506 e. The third kappa shape index (κ3) is 2.79. The molecule has 0 spiro atoms. The number of rotatable bonds is 2. The molecule has 1 aliphatic heterocycles. The van der Waals surface area contributed by atoms with Crippen LogP contribution in [0.1, 0.15) is 73.1 Å². The van der Waals surface area contributed by atoms with Crippen LogP contribution in [-0.2, 0) is 4.79 Å². The van der Waals surface area contributed by atoms with Gasteiger partial charge >= 0.3 is 0 Å². The number of nitrogens with one attached hydrogen (secondary N) is 1. The van der Waals surface area contributed by atoms with E-state index in [9.17, 15) is 9.90 Å². The fourth-order valence-corrected chi connectivity index (χ4v) is 4.22. The Morgan fingerprint density at radius 1 is 1.20 bits per heavy atom. The van der Waals surface area contributed by atoms with Crippen molar-refractivity contribution in [2.45, 2.75) is 64.3 Å². The van der Waals surface area contributed by atoms with Crippen LogP contribution in [-0.4, -0.2) is 25.8 Å². The standard InChI is InChI=1S/C19H24N4O2/c1-11-8-9-15(24)18(20-11)14-10-16(25)21-19-17(14)12(2)22-23(19)13-6-4-3-5-7-13/h8-9,13-14,24H,3-7,10H2,1-2H3,(H,21,25)/t14-/m0/s1. The van der Waals surface area contributed by atoms with Gasteiger partial charge < -0.3 is 10.4 Å². The zero-order valence-electron chi connectivity index (χ0n) is 14.7. The second-order valence-corrected chi connectivity index (χ2v) is 7.25. The Labute approximate surface area is 147 Å². The van der Waals surface area contributed by atoms with Crippen molar-refractivity contribution in [2.24, 2.45) is 0 Å². The van der Waals surface area contributed by atoms with Gasteiger partial charge in [0, 0.05) is 23.6 Å². The first-order chi connectivity index (χ1) is 12.0. The highest BCUT2D eigenvalue weighted by Gasteiger charge is 2.36. The van der Waals surface area contributed by atoms with E-state index < -0.39 is 0 Å². The highest BCUT2D eigenvalue weighted by molar-refractivity contribution is 5.94. The molecular formula is C19H24N4O2. The van der Waals surface area contributed by atoms with Crippen LogP contribution in [0.15, 0.2) is 12.1 Å². The van der Waals surface area contributed by atoms with Gasteiger partial charge in [-0.3, -0.25) is 9.78 Å². The van der Waals surface area contributed by atoms with Crippen molar-refractivity contribution in [2.75, 3.05) is 5.32 Å². The van der Waals surface area contributed by atoms with E-state index in [2.05, 4.69) is 10.3 Å². The number of hydrogen-bond acceptors (Lipinski definition) is 4. The number of aryl methyl sites for hydroxylation is 2. The van der Waals surface area contributed by atoms with E-state index >= 15 is 0 Å². The third-order valence-electron chi connectivity index (χ3n) is 5.42. The van der Waals surface area contributed by atoms with Crippen LogP contribution in [0.25, 0.3) is 0 Å². The maximum Gasteiger partial charge on any atom is 0.226 e. The Bertz CT molecular complexity index is 821. The topological polar surface area (TPSA) is 80.0 Å². The van der Waals surface area contributed by atoms with Crippen LogP contribution >= 0.6 is 0 Å². The van der Waals surface area contributed by atoms with E-state index in [1.54, 1.807) is 12.1 Å². The van der Waals surface area contributed by atoms with Gasteiger partial charge in [-0.15, -0.1) is 0 Å². The first-order valence-corrected chi connectivity index (χ1v) is 9.10. The average Bonchev–Trinajstić information content (AvgIpc) is 2.94. The molecule has 0 bridgehead atoms. The molecule has 6 heteroatoms. The molecule has 3 heterocycles. The summed E-state index contributed by atoms with van der Waals surface area (Å²) in [4.78, 5) is 16.9. The molecule has 4 rings (SSSR count). The molecule has 2 aromatic heterocycles. The summed E-state index contributed by atoms with van der Waals surface area (Å²) in [5.41, 5.74) is 3.31. The van der Waals surface area contributed by atoms with Gasteiger partial charge in [0.25, 0.3) is 0 Å². The van der Waals surface area contributed by atoms with E-state index in [0.29, 0.717) is 11.7 Å². The Morgan fingerprint density at radius 3 is 2.72 bits per heavy atom. The lowest BCUT2D eigenvalue weighted by Crippen LogP contribution is -2.27. The molecule has 132 valence electrons. The van der Waals surface area contributed by atoms with Crippen molar-refractivity contribution in [1.29, 1.82) is 0 Å². The molecule has 0 saturated heterocycles. The normalized spacial score (nSPS) is 21.0. The molecule has 2 aliphatic rings. The first kappa shape index (κ1) is 16.1. The van der Waals surface area contributed by atoms with Crippen molar-refractivity contribution in [3.05, 3.63) is 34.8 Å². The Morgan fingerprint density at radius 2 is 1.96 bits per heavy atom. The van der Waals surface area contributed by atoms with Gasteiger partial charge in [0.1, 0.15) is 11.6 Å². The SMILES string of the molecule is Cc1ccc(O)c([C@H]2CC(=O)Nc3c2c(C)nn3C2CCCCC2)n1. The summed E-state index contributed by atoms with van der Waals surface area (Å²) < 4.78 is 2.01. The monoisotopic (exact) mass is 340 g/mol. The lowest BCUT2D eigenvalue weighted by molar-refractivity contribution is -0.116. The van der Waals surface area contributed by atoms with Crippen LogP contribution < -0.4 is 5.32 Å². The van der Waals surface area contributed by atoms with Gasteiger partial charge in [0.05, 0.1) is 17.4 Å². The van der Waals surface area contributed by atoms with Crippen molar-refractivity contribution in [3.8, 4) is 5.75 Å². The number of carbonyl (C=O) groups is 1. The fourth-order valence-electron chi connectivity index (χ4n) is 4.22. The van der Waals surface area contributed by atoms with Gasteiger partial charge in [-0.25, -0.2) is 4.68 Å². The number of nitrogens with zero attached hydrogens (tertiary/aromatic N) is 3. The summed E-state index contributed by atoms with van der Waals surface area (Å²) in [6.07, 6.45) is 6.17. The molecule has 2 aromatic rings. The Kier molecular flexibility index (Phi) is 3.98. The summed E-state index contributed by atoms with van der Waals surface area (Å²) in [5.74, 6) is 0.646. The minimum absolute atomic E-state index is 0.0443. The molecule has 25 heavy (non-hydrogen) atoms. The predicted octanol–water partition coefficient (Wildman–Crippen LogP) is 3.58. The number of hydrogen-bond donors (Lipinski definition) is 2. The summed E-state index contributed by atoms with van der Waals surface area (Å²) in [5, 5.41) is 18.1. The van der Waals surface area contributed by atoms with Gasteiger partial charge in [-0.05, 0) is 38.8 Å². The molecule has 1 saturated carbocycles. The summed E-state index contributed by atoms with van der Waals surface area (Å²) in [6, 6.07) is 3.78. The number of aromatic hydroxyl groups is 1. The molecule has 1 amide bonds. The van der Waals surface area contributed by atoms with Crippen LogP contribution in [0.2, 0.25) is 0 Å². The van der Waals surface area contributed by atoms with Crippen molar-refractivity contribution < 1.29 is 9.90 Å². The summed E-state index contributed by atoms with van der Waals surface area (Å²) in [7, 11) is 0. The highest BCUT2D eigenvalue weighted by atomic mass is 16.3. The van der Waals surface area contributed by atoms with Crippen LogP contribution in [0.5, 0.6) is 5.75 Å². The van der Waals surface area contributed by atoms with Gasteiger partial charge in [-0.1, -0.05) is 19.3 Å². The number of amides is 1. The van der Waals surface area contributed by atoms with E-state index in [0.717, 1.165) is 35.6 Å². The van der Waals surface area contributed by atoms with E-state index in [4.69, 9.17) is 5.10 Å². The number of pyridine rings is 1. The highest BCUT2D eigenvalue weighted by Crippen LogP contribution is 2.43. The molecule has 0 radical (unpaired) electrons. The zero-order valence-corrected chi connectivity index (χ0v) is 14.7. The summed E-state index contributed by atoms with van der Waals surface area (Å²) >= 11 is 0. The van der Waals surface area contributed by atoms with Crippen molar-refractivity contribution in [1.82, 2.24) is 14.8 Å². The number of anilines is 1. The number of fused-ring (bicyclic) bond motifs is 1. The predicted molar refractivity (Wildman–Crippen MR) is 94.8 cm³/mol. The lowest BCUT2D eigenvalue weighted by Gasteiger charge is -2.28. The third-order valence-corrected chi connectivity index (χ3v) is 5.42. The second-order valence-electron chi connectivity index (χ2n) is 7.25. The molecule has 2 N–H and O–H groups in total. The van der Waals surface area contributed by atoms with Gasteiger partial charge in [0.15, 0.2) is 0 Å². The van der Waals surface area contributed by atoms with Crippen molar-refractivity contribution in [3.63, 3.8) is 0 Å². The molecular weight excluding hydrogens is 316 g/mol. The minimum Gasteiger partial charge on any atom is -0.506 e. The van der Waals surface area contributed by atoms with Crippen LogP contribution in [0.4, 0.5) is 5.82 Å². The van der Waals surface area contributed by atoms with Crippen LogP contribution in [0.3, 0.4) is 0 Å². The van der Waals surface area contributed by atoms with Gasteiger partial charge in [0.2, 0.25) is 5.91 Å². The second kappa shape index (κ2) is 6.17.